The zero-order valence-electron chi connectivity index (χ0n) is 11.2. The highest BCUT2D eigenvalue weighted by atomic mass is 35.5. The summed E-state index contributed by atoms with van der Waals surface area (Å²) in [6, 6.07) is 13.3. The topological polar surface area (TPSA) is 79.6 Å². The van der Waals surface area contributed by atoms with Crippen LogP contribution in [-0.2, 0) is 0 Å². The summed E-state index contributed by atoms with van der Waals surface area (Å²) in [6.45, 7) is 0. The van der Waals surface area contributed by atoms with E-state index in [0.717, 1.165) is 22.3 Å². The van der Waals surface area contributed by atoms with Crippen LogP contribution in [0.3, 0.4) is 0 Å². The summed E-state index contributed by atoms with van der Waals surface area (Å²) in [6.07, 6.45) is 1.65. The number of aromatic nitrogens is 4. The third-order valence-electron chi connectivity index (χ3n) is 3.19. The number of hydrogen-bond acceptors (Lipinski definition) is 5. The third-order valence-corrected chi connectivity index (χ3v) is 3.44. The zero-order valence-corrected chi connectivity index (χ0v) is 12.0. The van der Waals surface area contributed by atoms with E-state index in [9.17, 15) is 0 Å². The summed E-state index contributed by atoms with van der Waals surface area (Å²) in [7, 11) is 0. The highest BCUT2D eigenvalue weighted by Crippen LogP contribution is 2.24. The average molecular weight is 312 g/mol. The SMILES string of the molecule is Clc1ccc(Nc2nnc(-c3ccc4nc[nH]c4c3)o2)cc1. The van der Waals surface area contributed by atoms with Crippen LogP contribution in [0.2, 0.25) is 5.02 Å². The van der Waals surface area contributed by atoms with Gasteiger partial charge in [-0.25, -0.2) is 4.98 Å². The number of hydrogen-bond donors (Lipinski definition) is 2. The van der Waals surface area contributed by atoms with E-state index in [0.29, 0.717) is 16.9 Å². The molecule has 2 heterocycles. The summed E-state index contributed by atoms with van der Waals surface area (Å²) >= 11 is 5.85. The van der Waals surface area contributed by atoms with Gasteiger partial charge in [-0.3, -0.25) is 0 Å². The lowest BCUT2D eigenvalue weighted by Crippen LogP contribution is -1.89. The monoisotopic (exact) mass is 311 g/mol. The molecule has 0 spiro atoms. The van der Waals surface area contributed by atoms with Gasteiger partial charge in [-0.15, -0.1) is 5.10 Å². The predicted molar refractivity (Wildman–Crippen MR) is 84.1 cm³/mol. The highest BCUT2D eigenvalue weighted by Gasteiger charge is 2.10. The first-order valence-electron chi connectivity index (χ1n) is 6.57. The molecule has 0 fully saturated rings. The van der Waals surface area contributed by atoms with Crippen molar-refractivity contribution in [3.05, 3.63) is 53.8 Å². The number of halogens is 1. The lowest BCUT2D eigenvalue weighted by atomic mass is 10.2. The maximum absolute atomic E-state index is 5.85. The Kier molecular flexibility index (Phi) is 3.01. The molecule has 0 amide bonds. The Morgan fingerprint density at radius 2 is 1.91 bits per heavy atom. The minimum Gasteiger partial charge on any atom is -0.403 e. The lowest BCUT2D eigenvalue weighted by Gasteiger charge is -2.00. The molecule has 4 aromatic rings. The molecule has 108 valence electrons. The highest BCUT2D eigenvalue weighted by molar-refractivity contribution is 6.30. The number of fused-ring (bicyclic) bond motifs is 1. The van der Waals surface area contributed by atoms with Gasteiger partial charge in [0.15, 0.2) is 0 Å². The maximum Gasteiger partial charge on any atom is 0.320 e. The van der Waals surface area contributed by atoms with Crippen LogP contribution in [0.1, 0.15) is 0 Å². The van der Waals surface area contributed by atoms with E-state index in [1.807, 2.05) is 30.3 Å². The molecule has 0 saturated carbocycles. The van der Waals surface area contributed by atoms with Crippen molar-refractivity contribution in [2.24, 2.45) is 0 Å². The molecule has 6 nitrogen and oxygen atoms in total. The molecule has 22 heavy (non-hydrogen) atoms. The van der Waals surface area contributed by atoms with Crippen LogP contribution in [-0.4, -0.2) is 20.2 Å². The molecule has 0 saturated heterocycles. The minimum absolute atomic E-state index is 0.321. The second-order valence-electron chi connectivity index (χ2n) is 4.68. The second-order valence-corrected chi connectivity index (χ2v) is 5.12. The van der Waals surface area contributed by atoms with Crippen molar-refractivity contribution in [1.82, 2.24) is 20.2 Å². The number of aromatic amines is 1. The molecule has 2 N–H and O–H groups in total. The Bertz CT molecular complexity index is 928. The molecule has 4 rings (SSSR count). The van der Waals surface area contributed by atoms with Gasteiger partial charge in [0.25, 0.3) is 0 Å². The fourth-order valence-corrected chi connectivity index (χ4v) is 2.24. The van der Waals surface area contributed by atoms with Crippen LogP contribution >= 0.6 is 11.6 Å². The van der Waals surface area contributed by atoms with Crippen LogP contribution in [0.25, 0.3) is 22.5 Å². The van der Waals surface area contributed by atoms with E-state index in [2.05, 4.69) is 25.5 Å². The van der Waals surface area contributed by atoms with Crippen molar-refractivity contribution in [1.29, 1.82) is 0 Å². The number of benzene rings is 2. The van der Waals surface area contributed by atoms with Gasteiger partial charge in [0.05, 0.1) is 17.4 Å². The van der Waals surface area contributed by atoms with Crippen molar-refractivity contribution < 1.29 is 4.42 Å². The van der Waals surface area contributed by atoms with E-state index in [-0.39, 0.29) is 0 Å². The van der Waals surface area contributed by atoms with Gasteiger partial charge < -0.3 is 14.7 Å². The molecular weight excluding hydrogens is 302 g/mol. The lowest BCUT2D eigenvalue weighted by molar-refractivity contribution is 0.588. The molecule has 7 heteroatoms. The number of nitrogens with zero attached hydrogens (tertiary/aromatic N) is 3. The molecule has 0 aliphatic carbocycles. The molecule has 2 aromatic heterocycles. The van der Waals surface area contributed by atoms with Crippen LogP contribution in [0.5, 0.6) is 0 Å². The fraction of sp³-hybridized carbons (Fsp3) is 0. The molecule has 2 aromatic carbocycles. The summed E-state index contributed by atoms with van der Waals surface area (Å²) in [4.78, 5) is 7.23. The van der Waals surface area contributed by atoms with Crippen molar-refractivity contribution in [3.8, 4) is 11.5 Å². The van der Waals surface area contributed by atoms with Crippen LogP contribution in [0, 0.1) is 0 Å². The molecule has 0 radical (unpaired) electrons. The first kappa shape index (κ1) is 12.8. The van der Waals surface area contributed by atoms with E-state index in [1.54, 1.807) is 18.5 Å². The molecule has 0 aliphatic heterocycles. The molecule has 0 bridgehead atoms. The van der Waals surface area contributed by atoms with Crippen molar-refractivity contribution in [3.63, 3.8) is 0 Å². The van der Waals surface area contributed by atoms with Gasteiger partial charge in [-0.05, 0) is 42.5 Å². The Labute approximate surface area is 130 Å². The van der Waals surface area contributed by atoms with Crippen LogP contribution in [0.15, 0.2) is 53.2 Å². The number of nitrogens with one attached hydrogen (secondary N) is 2. The second kappa shape index (κ2) is 5.16. The van der Waals surface area contributed by atoms with Gasteiger partial charge in [-0.1, -0.05) is 16.7 Å². The standard InChI is InChI=1S/C15H10ClN5O/c16-10-2-4-11(5-3-10)19-15-21-20-14(22-15)9-1-6-12-13(7-9)18-8-17-12/h1-8H,(H,17,18)(H,19,21). The molecular formula is C15H10ClN5O. The number of anilines is 2. The fourth-order valence-electron chi connectivity index (χ4n) is 2.12. The first-order valence-corrected chi connectivity index (χ1v) is 6.95. The molecule has 0 aliphatic rings. The number of rotatable bonds is 3. The van der Waals surface area contributed by atoms with E-state index in [4.69, 9.17) is 16.0 Å². The van der Waals surface area contributed by atoms with Crippen molar-refractivity contribution >= 4 is 34.3 Å². The van der Waals surface area contributed by atoms with Gasteiger partial charge in [-0.2, -0.15) is 0 Å². The normalized spacial score (nSPS) is 11.0. The van der Waals surface area contributed by atoms with Gasteiger partial charge in [0.1, 0.15) is 0 Å². The minimum atomic E-state index is 0.321. The maximum atomic E-state index is 5.85. The molecule has 0 unspecified atom stereocenters. The largest absolute Gasteiger partial charge is 0.403 e. The average Bonchev–Trinajstić information content (AvgIpc) is 3.17. The predicted octanol–water partition coefficient (Wildman–Crippen LogP) is 4.01. The van der Waals surface area contributed by atoms with Crippen molar-refractivity contribution in [2.45, 2.75) is 0 Å². The summed E-state index contributed by atoms with van der Waals surface area (Å²) in [5.74, 6) is 0.438. The smallest absolute Gasteiger partial charge is 0.320 e. The van der Waals surface area contributed by atoms with Crippen LogP contribution < -0.4 is 5.32 Å². The zero-order chi connectivity index (χ0) is 14.9. The van der Waals surface area contributed by atoms with Gasteiger partial charge in [0, 0.05) is 16.3 Å². The number of imidazole rings is 1. The Hall–Kier alpha value is -2.86. The van der Waals surface area contributed by atoms with E-state index >= 15 is 0 Å². The van der Waals surface area contributed by atoms with E-state index in [1.165, 1.54) is 0 Å². The molecule has 0 atom stereocenters. The first-order chi connectivity index (χ1) is 10.8. The third kappa shape index (κ3) is 2.40. The number of H-pyrrole nitrogens is 1. The van der Waals surface area contributed by atoms with Crippen LogP contribution in [0.4, 0.5) is 11.7 Å². The summed E-state index contributed by atoms with van der Waals surface area (Å²) < 4.78 is 5.63. The summed E-state index contributed by atoms with van der Waals surface area (Å²) in [5.41, 5.74) is 3.46. The van der Waals surface area contributed by atoms with Crippen molar-refractivity contribution in [2.75, 3.05) is 5.32 Å². The van der Waals surface area contributed by atoms with Gasteiger partial charge in [0.2, 0.25) is 5.89 Å². The Balaban J connectivity index is 1.61. The Morgan fingerprint density at radius 1 is 1.05 bits per heavy atom. The van der Waals surface area contributed by atoms with E-state index < -0.39 is 0 Å². The van der Waals surface area contributed by atoms with Gasteiger partial charge >= 0.3 is 6.01 Å². The Morgan fingerprint density at radius 3 is 2.77 bits per heavy atom. The summed E-state index contributed by atoms with van der Waals surface area (Å²) in [5, 5.41) is 11.7. The quantitative estimate of drug-likeness (QED) is 0.597.